The molecule has 1 aliphatic carbocycles. The van der Waals surface area contributed by atoms with E-state index < -0.39 is 0 Å². The van der Waals surface area contributed by atoms with Crippen molar-refractivity contribution in [2.24, 2.45) is 0 Å². The predicted molar refractivity (Wildman–Crippen MR) is 88.0 cm³/mol. The van der Waals surface area contributed by atoms with Crippen molar-refractivity contribution in [3.8, 4) is 0 Å². The molecule has 3 rings (SSSR count). The Bertz CT molecular complexity index is 574. The first kappa shape index (κ1) is 14.1. The van der Waals surface area contributed by atoms with Crippen LogP contribution >= 0.6 is 22.9 Å². The van der Waals surface area contributed by atoms with Gasteiger partial charge < -0.3 is 5.32 Å². The van der Waals surface area contributed by atoms with Gasteiger partial charge >= 0.3 is 0 Å². The van der Waals surface area contributed by atoms with E-state index in [1.807, 2.05) is 6.07 Å². The van der Waals surface area contributed by atoms with E-state index in [4.69, 9.17) is 11.6 Å². The summed E-state index contributed by atoms with van der Waals surface area (Å²) in [4.78, 5) is 1.38. The van der Waals surface area contributed by atoms with Crippen LogP contribution in [0.4, 0.5) is 0 Å². The highest BCUT2D eigenvalue weighted by Gasteiger charge is 2.23. The van der Waals surface area contributed by atoms with Gasteiger partial charge in [-0.05, 0) is 49.4 Å². The molecule has 1 N–H and O–H groups in total. The van der Waals surface area contributed by atoms with Crippen LogP contribution in [-0.4, -0.2) is 12.6 Å². The van der Waals surface area contributed by atoms with Crippen molar-refractivity contribution in [3.63, 3.8) is 0 Å². The van der Waals surface area contributed by atoms with Gasteiger partial charge in [-0.25, -0.2) is 0 Å². The number of halogens is 1. The zero-order valence-electron chi connectivity index (χ0n) is 11.7. The summed E-state index contributed by atoms with van der Waals surface area (Å²) in [5.74, 6) is 0.534. The van der Waals surface area contributed by atoms with E-state index in [-0.39, 0.29) is 0 Å². The SMILES string of the molecule is Cc1ccccc1C(CNC1CC1)Cc1ccc(Cl)s1. The van der Waals surface area contributed by atoms with Gasteiger partial charge in [-0.1, -0.05) is 35.9 Å². The lowest BCUT2D eigenvalue weighted by Gasteiger charge is -2.19. The Morgan fingerprint density at radius 3 is 2.70 bits per heavy atom. The first-order chi connectivity index (χ1) is 9.72. The minimum absolute atomic E-state index is 0.534. The smallest absolute Gasteiger partial charge is 0.0931 e. The van der Waals surface area contributed by atoms with E-state index in [1.165, 1.54) is 28.8 Å². The molecule has 0 saturated heterocycles. The summed E-state index contributed by atoms with van der Waals surface area (Å²) in [5.41, 5.74) is 2.85. The Kier molecular flexibility index (Phi) is 4.45. The Morgan fingerprint density at radius 1 is 1.25 bits per heavy atom. The van der Waals surface area contributed by atoms with Crippen LogP contribution in [0.15, 0.2) is 36.4 Å². The normalized spacial score (nSPS) is 16.3. The number of thiophene rings is 1. The van der Waals surface area contributed by atoms with Crippen LogP contribution in [-0.2, 0) is 6.42 Å². The topological polar surface area (TPSA) is 12.0 Å². The van der Waals surface area contributed by atoms with Crippen LogP contribution in [0.25, 0.3) is 0 Å². The molecule has 1 nitrogen and oxygen atoms in total. The van der Waals surface area contributed by atoms with Crippen molar-refractivity contribution < 1.29 is 0 Å². The molecule has 1 aromatic carbocycles. The summed E-state index contributed by atoms with van der Waals surface area (Å²) in [6, 6.07) is 13.7. The predicted octanol–water partition coefficient (Wildman–Crippen LogP) is 4.79. The molecule has 106 valence electrons. The maximum atomic E-state index is 6.06. The molecular formula is C17H20ClNS. The van der Waals surface area contributed by atoms with Crippen molar-refractivity contribution in [1.82, 2.24) is 5.32 Å². The number of hydrogen-bond donors (Lipinski definition) is 1. The zero-order chi connectivity index (χ0) is 13.9. The van der Waals surface area contributed by atoms with Crippen LogP contribution in [0.5, 0.6) is 0 Å². The third-order valence-corrected chi connectivity index (χ3v) is 5.19. The van der Waals surface area contributed by atoms with Gasteiger partial charge in [-0.15, -0.1) is 11.3 Å². The van der Waals surface area contributed by atoms with Crippen LogP contribution < -0.4 is 5.32 Å². The highest BCUT2D eigenvalue weighted by atomic mass is 35.5. The summed E-state index contributed by atoms with van der Waals surface area (Å²) >= 11 is 7.77. The van der Waals surface area contributed by atoms with E-state index in [0.29, 0.717) is 5.92 Å². The van der Waals surface area contributed by atoms with Crippen LogP contribution in [0.1, 0.15) is 34.8 Å². The summed E-state index contributed by atoms with van der Waals surface area (Å²) < 4.78 is 0.888. The molecule has 1 atom stereocenters. The van der Waals surface area contributed by atoms with Gasteiger partial charge in [-0.2, -0.15) is 0 Å². The summed E-state index contributed by atoms with van der Waals surface area (Å²) in [5, 5.41) is 3.68. The Balaban J connectivity index is 1.77. The van der Waals surface area contributed by atoms with Crippen molar-refractivity contribution in [3.05, 3.63) is 56.7 Å². The van der Waals surface area contributed by atoms with Crippen molar-refractivity contribution in [2.75, 3.05) is 6.54 Å². The molecule has 0 radical (unpaired) electrons. The number of rotatable bonds is 6. The fourth-order valence-electron chi connectivity index (χ4n) is 2.64. The second-order valence-electron chi connectivity index (χ2n) is 5.65. The third kappa shape index (κ3) is 3.63. The fourth-order valence-corrected chi connectivity index (χ4v) is 3.81. The largest absolute Gasteiger partial charge is 0.313 e. The average molecular weight is 306 g/mol. The molecule has 3 heteroatoms. The number of aryl methyl sites for hydroxylation is 1. The number of hydrogen-bond acceptors (Lipinski definition) is 2. The maximum absolute atomic E-state index is 6.06. The van der Waals surface area contributed by atoms with E-state index in [2.05, 4.69) is 42.6 Å². The minimum Gasteiger partial charge on any atom is -0.313 e. The van der Waals surface area contributed by atoms with Gasteiger partial charge in [0, 0.05) is 23.4 Å². The lowest BCUT2D eigenvalue weighted by atomic mass is 9.91. The lowest BCUT2D eigenvalue weighted by molar-refractivity contribution is 0.578. The molecule has 1 fully saturated rings. The fraction of sp³-hybridized carbons (Fsp3) is 0.412. The molecule has 1 unspecified atom stereocenters. The average Bonchev–Trinajstić information content (AvgIpc) is 3.18. The zero-order valence-corrected chi connectivity index (χ0v) is 13.3. The summed E-state index contributed by atoms with van der Waals surface area (Å²) in [7, 11) is 0. The van der Waals surface area contributed by atoms with E-state index in [0.717, 1.165) is 23.3 Å². The molecule has 0 amide bonds. The lowest BCUT2D eigenvalue weighted by Crippen LogP contribution is -2.25. The van der Waals surface area contributed by atoms with Gasteiger partial charge in [0.25, 0.3) is 0 Å². The molecule has 1 aromatic heterocycles. The van der Waals surface area contributed by atoms with E-state index in [1.54, 1.807) is 11.3 Å². The Morgan fingerprint density at radius 2 is 2.05 bits per heavy atom. The second-order valence-corrected chi connectivity index (χ2v) is 7.45. The molecule has 2 aromatic rings. The van der Waals surface area contributed by atoms with E-state index >= 15 is 0 Å². The molecule has 0 spiro atoms. The third-order valence-electron chi connectivity index (χ3n) is 3.94. The highest BCUT2D eigenvalue weighted by Crippen LogP contribution is 2.30. The first-order valence-corrected chi connectivity index (χ1v) is 8.45. The summed E-state index contributed by atoms with van der Waals surface area (Å²) in [6.07, 6.45) is 3.75. The van der Waals surface area contributed by atoms with Crippen LogP contribution in [0.2, 0.25) is 4.34 Å². The maximum Gasteiger partial charge on any atom is 0.0931 e. The molecular weight excluding hydrogens is 286 g/mol. The Hall–Kier alpha value is -0.830. The number of benzene rings is 1. The molecule has 0 bridgehead atoms. The molecule has 1 aliphatic rings. The van der Waals surface area contributed by atoms with Gasteiger partial charge in [0.15, 0.2) is 0 Å². The van der Waals surface area contributed by atoms with Crippen LogP contribution in [0.3, 0.4) is 0 Å². The molecule has 1 saturated carbocycles. The second kappa shape index (κ2) is 6.30. The number of nitrogens with one attached hydrogen (secondary N) is 1. The Labute approximate surface area is 130 Å². The monoisotopic (exact) mass is 305 g/mol. The molecule has 1 heterocycles. The quantitative estimate of drug-likeness (QED) is 0.809. The standard InChI is InChI=1S/C17H20ClNS/c1-12-4-2-3-5-16(12)13(11-19-14-6-7-14)10-15-8-9-17(18)20-15/h2-5,8-9,13-14,19H,6-7,10-11H2,1H3. The van der Waals surface area contributed by atoms with Crippen molar-refractivity contribution >= 4 is 22.9 Å². The van der Waals surface area contributed by atoms with Crippen molar-refractivity contribution in [2.45, 2.75) is 38.1 Å². The van der Waals surface area contributed by atoms with Gasteiger partial charge in [0.05, 0.1) is 4.34 Å². The van der Waals surface area contributed by atoms with Gasteiger partial charge in [-0.3, -0.25) is 0 Å². The molecule has 0 aliphatic heterocycles. The van der Waals surface area contributed by atoms with E-state index in [9.17, 15) is 0 Å². The van der Waals surface area contributed by atoms with Gasteiger partial charge in [0.1, 0.15) is 0 Å². The van der Waals surface area contributed by atoms with Crippen molar-refractivity contribution in [1.29, 1.82) is 0 Å². The first-order valence-electron chi connectivity index (χ1n) is 7.25. The summed E-state index contributed by atoms with van der Waals surface area (Å²) in [6.45, 7) is 3.27. The van der Waals surface area contributed by atoms with Gasteiger partial charge in [0.2, 0.25) is 0 Å². The molecule has 20 heavy (non-hydrogen) atoms. The highest BCUT2D eigenvalue weighted by molar-refractivity contribution is 7.16. The van der Waals surface area contributed by atoms with Crippen LogP contribution in [0, 0.1) is 6.92 Å². The minimum atomic E-state index is 0.534.